The first-order chi connectivity index (χ1) is 14.0. The molecule has 1 saturated carbocycles. The summed E-state index contributed by atoms with van der Waals surface area (Å²) < 4.78 is 0. The number of hydrogen-bond donors (Lipinski definition) is 3. The van der Waals surface area contributed by atoms with Crippen LogP contribution in [-0.4, -0.2) is 33.5 Å². The van der Waals surface area contributed by atoms with Crippen molar-refractivity contribution < 1.29 is 9.59 Å². The summed E-state index contributed by atoms with van der Waals surface area (Å²) in [5.41, 5.74) is 7.23. The van der Waals surface area contributed by atoms with E-state index in [0.717, 1.165) is 36.9 Å². The summed E-state index contributed by atoms with van der Waals surface area (Å²) >= 11 is 4.79. The lowest BCUT2D eigenvalue weighted by molar-refractivity contribution is -0.124. The molecule has 1 aromatic carbocycles. The number of nitrogens with one attached hydrogen (secondary N) is 2. The number of carbonyl (C=O) groups excluding carboxylic acids is 2. The van der Waals surface area contributed by atoms with E-state index in [9.17, 15) is 9.59 Å². The minimum absolute atomic E-state index is 0.00106. The molecule has 152 valence electrons. The summed E-state index contributed by atoms with van der Waals surface area (Å²) in [6, 6.07) is 13.2. The Hall–Kier alpha value is -2.87. The minimum Gasteiger partial charge on any atom is -0.392 e. The Morgan fingerprint density at radius 2 is 1.90 bits per heavy atom. The van der Waals surface area contributed by atoms with Crippen molar-refractivity contribution in [3.8, 4) is 0 Å². The highest BCUT2D eigenvalue weighted by Crippen LogP contribution is 2.33. The molecule has 3 rings (SSSR count). The van der Waals surface area contributed by atoms with E-state index in [2.05, 4.69) is 20.8 Å². The fourth-order valence-corrected chi connectivity index (χ4v) is 3.69. The molecule has 1 heterocycles. The Kier molecular flexibility index (Phi) is 7.24. The lowest BCUT2D eigenvalue weighted by atomic mass is 9.99. The van der Waals surface area contributed by atoms with E-state index in [4.69, 9.17) is 18.0 Å². The van der Waals surface area contributed by atoms with Gasteiger partial charge in [-0.1, -0.05) is 42.5 Å². The first-order valence-corrected chi connectivity index (χ1v) is 10.1. The number of carbonyl (C=O) groups is 2. The van der Waals surface area contributed by atoms with Crippen LogP contribution in [0.4, 0.5) is 5.82 Å². The number of thiocarbonyl (C=S) groups is 1. The third-order valence-electron chi connectivity index (χ3n) is 5.04. The molecule has 2 amide bonds. The molecule has 1 aliphatic carbocycles. The van der Waals surface area contributed by atoms with E-state index in [1.807, 2.05) is 36.4 Å². The van der Waals surface area contributed by atoms with Gasteiger partial charge in [0.15, 0.2) is 5.82 Å². The Morgan fingerprint density at radius 1 is 1.10 bits per heavy atom. The van der Waals surface area contributed by atoms with Gasteiger partial charge in [-0.2, -0.15) is 5.10 Å². The van der Waals surface area contributed by atoms with Gasteiger partial charge in [0.1, 0.15) is 0 Å². The second kappa shape index (κ2) is 10.1. The van der Waals surface area contributed by atoms with E-state index in [0.29, 0.717) is 23.1 Å². The van der Waals surface area contributed by atoms with Gasteiger partial charge in [-0.3, -0.25) is 9.59 Å². The van der Waals surface area contributed by atoms with Gasteiger partial charge in [-0.15, -0.1) is 5.10 Å². The standard InChI is InChI=1S/C21H25N5O2S/c22-18(29)13-23-21(28)16-7-6-15(10-16)11-17-8-9-19(26-25-17)24-20(27)12-14-4-2-1-3-5-14/h1-5,8-9,15-16H,6-7,10-13H2,(H2,22,29)(H,23,28)(H,24,26,27). The smallest absolute Gasteiger partial charge is 0.229 e. The van der Waals surface area contributed by atoms with Crippen molar-refractivity contribution in [2.24, 2.45) is 17.6 Å². The van der Waals surface area contributed by atoms with E-state index in [1.165, 1.54) is 0 Å². The number of rotatable bonds is 8. The second-order valence-corrected chi connectivity index (χ2v) is 7.91. The predicted octanol–water partition coefficient (Wildman–Crippen LogP) is 2.02. The molecule has 2 atom stereocenters. The topological polar surface area (TPSA) is 110 Å². The zero-order valence-corrected chi connectivity index (χ0v) is 17.0. The van der Waals surface area contributed by atoms with Crippen LogP contribution >= 0.6 is 12.2 Å². The van der Waals surface area contributed by atoms with Crippen LogP contribution in [0, 0.1) is 11.8 Å². The molecular weight excluding hydrogens is 386 g/mol. The lowest BCUT2D eigenvalue weighted by Gasteiger charge is -2.11. The molecule has 1 aliphatic rings. The van der Waals surface area contributed by atoms with Gasteiger partial charge < -0.3 is 16.4 Å². The van der Waals surface area contributed by atoms with Crippen molar-refractivity contribution in [2.75, 3.05) is 11.9 Å². The highest BCUT2D eigenvalue weighted by molar-refractivity contribution is 7.80. The predicted molar refractivity (Wildman–Crippen MR) is 115 cm³/mol. The zero-order chi connectivity index (χ0) is 20.6. The quantitative estimate of drug-likeness (QED) is 0.573. The number of nitrogens with zero attached hydrogens (tertiary/aromatic N) is 2. The summed E-state index contributed by atoms with van der Waals surface area (Å²) in [5, 5.41) is 13.9. The normalized spacial score (nSPS) is 18.2. The summed E-state index contributed by atoms with van der Waals surface area (Å²) in [6.45, 7) is 0.248. The Bertz CT molecular complexity index is 857. The molecule has 4 N–H and O–H groups in total. The summed E-state index contributed by atoms with van der Waals surface area (Å²) in [6.07, 6.45) is 3.71. The maximum Gasteiger partial charge on any atom is 0.229 e. The molecule has 1 aromatic heterocycles. The summed E-state index contributed by atoms with van der Waals surface area (Å²) in [7, 11) is 0. The molecule has 0 bridgehead atoms. The van der Waals surface area contributed by atoms with Crippen molar-refractivity contribution in [2.45, 2.75) is 32.1 Å². The van der Waals surface area contributed by atoms with Crippen molar-refractivity contribution in [1.82, 2.24) is 15.5 Å². The van der Waals surface area contributed by atoms with Gasteiger partial charge in [0.05, 0.1) is 23.6 Å². The van der Waals surface area contributed by atoms with Crippen molar-refractivity contribution >= 4 is 34.8 Å². The molecule has 0 aliphatic heterocycles. The Balaban J connectivity index is 1.45. The first kappa shape index (κ1) is 20.9. The van der Waals surface area contributed by atoms with Crippen LogP contribution in [0.25, 0.3) is 0 Å². The van der Waals surface area contributed by atoms with Crippen LogP contribution in [0.1, 0.15) is 30.5 Å². The second-order valence-electron chi connectivity index (χ2n) is 7.38. The third kappa shape index (κ3) is 6.60. The van der Waals surface area contributed by atoms with E-state index in [-0.39, 0.29) is 24.3 Å². The molecule has 8 heteroatoms. The summed E-state index contributed by atoms with van der Waals surface area (Å²) in [4.78, 5) is 24.5. The van der Waals surface area contributed by atoms with Gasteiger partial charge in [0.2, 0.25) is 11.8 Å². The van der Waals surface area contributed by atoms with Crippen LogP contribution in [0.2, 0.25) is 0 Å². The zero-order valence-electron chi connectivity index (χ0n) is 16.1. The highest BCUT2D eigenvalue weighted by Gasteiger charge is 2.30. The Labute approximate surface area is 175 Å². The van der Waals surface area contributed by atoms with E-state index >= 15 is 0 Å². The Morgan fingerprint density at radius 3 is 2.59 bits per heavy atom. The van der Waals surface area contributed by atoms with Gasteiger partial charge in [-0.05, 0) is 49.3 Å². The van der Waals surface area contributed by atoms with Gasteiger partial charge in [0.25, 0.3) is 0 Å². The molecule has 1 fully saturated rings. The number of anilines is 1. The van der Waals surface area contributed by atoms with E-state index < -0.39 is 0 Å². The molecule has 29 heavy (non-hydrogen) atoms. The van der Waals surface area contributed by atoms with Crippen LogP contribution in [0.15, 0.2) is 42.5 Å². The highest BCUT2D eigenvalue weighted by atomic mass is 32.1. The van der Waals surface area contributed by atoms with Gasteiger partial charge in [0, 0.05) is 5.92 Å². The average molecular weight is 412 g/mol. The van der Waals surface area contributed by atoms with Gasteiger partial charge >= 0.3 is 0 Å². The fraction of sp³-hybridized carbons (Fsp3) is 0.381. The SMILES string of the molecule is NC(=S)CNC(=O)C1CCC(Cc2ccc(NC(=O)Cc3ccccc3)nn2)C1. The van der Waals surface area contributed by atoms with E-state index in [1.54, 1.807) is 6.07 Å². The molecule has 2 aromatic rings. The average Bonchev–Trinajstić information content (AvgIpc) is 3.17. The molecular formula is C21H25N5O2S. The number of nitrogens with two attached hydrogens (primary N) is 1. The number of amides is 2. The number of benzene rings is 1. The molecule has 7 nitrogen and oxygen atoms in total. The van der Waals surface area contributed by atoms with Crippen molar-refractivity contribution in [3.63, 3.8) is 0 Å². The van der Waals surface area contributed by atoms with Crippen molar-refractivity contribution in [1.29, 1.82) is 0 Å². The molecule has 0 saturated heterocycles. The molecule has 0 spiro atoms. The molecule has 2 unspecified atom stereocenters. The monoisotopic (exact) mass is 411 g/mol. The van der Waals surface area contributed by atoms with Crippen LogP contribution in [0.5, 0.6) is 0 Å². The number of aromatic nitrogens is 2. The fourth-order valence-electron chi connectivity index (χ4n) is 3.62. The largest absolute Gasteiger partial charge is 0.392 e. The van der Waals surface area contributed by atoms with Crippen LogP contribution in [-0.2, 0) is 22.4 Å². The lowest BCUT2D eigenvalue weighted by Crippen LogP contribution is -2.35. The maximum atomic E-state index is 12.1. The minimum atomic E-state index is -0.125. The molecule has 0 radical (unpaired) electrons. The van der Waals surface area contributed by atoms with Crippen LogP contribution in [0.3, 0.4) is 0 Å². The third-order valence-corrected chi connectivity index (χ3v) is 5.19. The first-order valence-electron chi connectivity index (χ1n) is 9.72. The maximum absolute atomic E-state index is 12.1. The van der Waals surface area contributed by atoms with Gasteiger partial charge in [-0.25, -0.2) is 0 Å². The number of hydrogen-bond acceptors (Lipinski definition) is 5. The summed E-state index contributed by atoms with van der Waals surface area (Å²) in [5.74, 6) is 0.723. The van der Waals surface area contributed by atoms with Crippen LogP contribution < -0.4 is 16.4 Å². The van der Waals surface area contributed by atoms with Crippen molar-refractivity contribution in [3.05, 3.63) is 53.7 Å².